The summed E-state index contributed by atoms with van der Waals surface area (Å²) in [5, 5.41) is 12.5. The van der Waals surface area contributed by atoms with E-state index >= 15 is 0 Å². The Hall–Kier alpha value is -3.45. The van der Waals surface area contributed by atoms with E-state index in [0.717, 1.165) is 33.6 Å². The van der Waals surface area contributed by atoms with Crippen LogP contribution in [0.15, 0.2) is 66.1 Å². The number of hydrogen-bond donors (Lipinski definition) is 1. The normalized spacial score (nSPS) is 10.9. The number of benzene rings is 2. The van der Waals surface area contributed by atoms with Crippen LogP contribution in [0, 0.1) is 27.7 Å². The zero-order chi connectivity index (χ0) is 22.7. The molecule has 2 aromatic carbocycles. The minimum Gasteiger partial charge on any atom is -0.325 e. The third-order valence-corrected chi connectivity index (χ3v) is 6.11. The predicted molar refractivity (Wildman–Crippen MR) is 129 cm³/mol. The highest BCUT2D eigenvalue weighted by Crippen LogP contribution is 2.29. The Morgan fingerprint density at radius 3 is 2.41 bits per heavy atom. The van der Waals surface area contributed by atoms with Gasteiger partial charge in [0.1, 0.15) is 0 Å². The number of pyridine rings is 1. The van der Waals surface area contributed by atoms with Crippen LogP contribution in [0.3, 0.4) is 0 Å². The number of carbonyl (C=O) groups is 1. The van der Waals surface area contributed by atoms with E-state index in [1.165, 1.54) is 17.3 Å². The summed E-state index contributed by atoms with van der Waals surface area (Å²) in [5.74, 6) is 0.844. The zero-order valence-corrected chi connectivity index (χ0v) is 19.4. The molecule has 0 aliphatic rings. The monoisotopic (exact) mass is 443 g/mol. The molecule has 0 atom stereocenters. The zero-order valence-electron chi connectivity index (χ0n) is 18.6. The summed E-state index contributed by atoms with van der Waals surface area (Å²) in [6.07, 6.45) is 3.50. The number of rotatable bonds is 6. The van der Waals surface area contributed by atoms with E-state index in [1.54, 1.807) is 12.4 Å². The number of hydrogen-bond acceptors (Lipinski definition) is 5. The third kappa shape index (κ3) is 4.57. The van der Waals surface area contributed by atoms with Gasteiger partial charge in [0.05, 0.1) is 11.4 Å². The number of para-hydroxylation sites is 1. The second-order valence-corrected chi connectivity index (χ2v) is 8.72. The van der Waals surface area contributed by atoms with Crippen LogP contribution in [-0.2, 0) is 4.79 Å². The van der Waals surface area contributed by atoms with Crippen LogP contribution in [0.4, 0.5) is 5.69 Å². The molecule has 6 nitrogen and oxygen atoms in total. The average Bonchev–Trinajstić information content (AvgIpc) is 3.19. The summed E-state index contributed by atoms with van der Waals surface area (Å²) in [4.78, 5) is 17.0. The Labute approximate surface area is 192 Å². The summed E-state index contributed by atoms with van der Waals surface area (Å²) >= 11 is 1.37. The summed E-state index contributed by atoms with van der Waals surface area (Å²) < 4.78 is 1.99. The summed E-state index contributed by atoms with van der Waals surface area (Å²) in [7, 11) is 0. The van der Waals surface area contributed by atoms with Gasteiger partial charge in [-0.1, -0.05) is 47.7 Å². The maximum atomic E-state index is 12.8. The van der Waals surface area contributed by atoms with Crippen LogP contribution < -0.4 is 5.32 Å². The van der Waals surface area contributed by atoms with E-state index < -0.39 is 0 Å². The number of thioether (sulfide) groups is 1. The number of nitrogens with zero attached hydrogens (tertiary/aromatic N) is 4. The molecule has 0 bridgehead atoms. The van der Waals surface area contributed by atoms with Crippen molar-refractivity contribution in [1.29, 1.82) is 0 Å². The molecule has 0 radical (unpaired) electrons. The highest BCUT2D eigenvalue weighted by Gasteiger charge is 2.19. The molecule has 7 heteroatoms. The molecule has 1 amide bonds. The summed E-state index contributed by atoms with van der Waals surface area (Å²) in [6, 6.07) is 16.0. The van der Waals surface area contributed by atoms with Gasteiger partial charge >= 0.3 is 0 Å². The fourth-order valence-electron chi connectivity index (χ4n) is 3.76. The first kappa shape index (κ1) is 21.8. The number of carbonyl (C=O) groups excluding carboxylic acids is 1. The number of nitrogens with one attached hydrogen (secondary N) is 1. The molecule has 32 heavy (non-hydrogen) atoms. The van der Waals surface area contributed by atoms with E-state index in [1.807, 2.05) is 61.7 Å². The minimum atomic E-state index is -0.0766. The van der Waals surface area contributed by atoms with E-state index in [-0.39, 0.29) is 11.7 Å². The standard InChI is InChI=1S/C25H25N5OS/c1-16-12-18(3)23(19(4)13-16)27-22(31)15-32-25-29-28-24(20-9-7-11-26-14-20)30(25)21-10-6-5-8-17(21)2/h5-14H,15H2,1-4H3,(H,27,31). The van der Waals surface area contributed by atoms with E-state index in [2.05, 4.69) is 39.6 Å². The average molecular weight is 444 g/mol. The van der Waals surface area contributed by atoms with Crippen LogP contribution in [0.25, 0.3) is 17.1 Å². The van der Waals surface area contributed by atoms with Crippen molar-refractivity contribution in [1.82, 2.24) is 19.7 Å². The van der Waals surface area contributed by atoms with Crippen molar-refractivity contribution in [2.75, 3.05) is 11.1 Å². The molecule has 0 aliphatic carbocycles. The van der Waals surface area contributed by atoms with Crippen molar-refractivity contribution in [3.8, 4) is 17.1 Å². The topological polar surface area (TPSA) is 72.7 Å². The second kappa shape index (κ2) is 9.36. The highest BCUT2D eigenvalue weighted by atomic mass is 32.2. The van der Waals surface area contributed by atoms with Crippen molar-refractivity contribution in [2.45, 2.75) is 32.9 Å². The molecule has 0 saturated carbocycles. The first-order valence-corrected chi connectivity index (χ1v) is 11.3. The molecule has 0 spiro atoms. The van der Waals surface area contributed by atoms with Gasteiger partial charge in [0.15, 0.2) is 11.0 Å². The molecule has 0 fully saturated rings. The van der Waals surface area contributed by atoms with E-state index in [0.29, 0.717) is 11.0 Å². The Morgan fingerprint density at radius 2 is 1.72 bits per heavy atom. The molecule has 1 N–H and O–H groups in total. The largest absolute Gasteiger partial charge is 0.325 e. The molecule has 4 aromatic rings. The van der Waals surface area contributed by atoms with Crippen LogP contribution >= 0.6 is 11.8 Å². The fourth-order valence-corrected chi connectivity index (χ4v) is 4.50. The molecule has 4 rings (SSSR count). The highest BCUT2D eigenvalue weighted by molar-refractivity contribution is 7.99. The quantitative estimate of drug-likeness (QED) is 0.410. The van der Waals surface area contributed by atoms with Crippen molar-refractivity contribution in [2.24, 2.45) is 0 Å². The van der Waals surface area contributed by atoms with Crippen LogP contribution in [0.1, 0.15) is 22.3 Å². The van der Waals surface area contributed by atoms with Gasteiger partial charge in [-0.25, -0.2) is 0 Å². The Kier molecular flexibility index (Phi) is 6.37. The van der Waals surface area contributed by atoms with Crippen LogP contribution in [0.5, 0.6) is 0 Å². The maximum absolute atomic E-state index is 12.8. The molecular formula is C25H25N5OS. The predicted octanol–water partition coefficient (Wildman–Crippen LogP) is 5.29. The van der Waals surface area contributed by atoms with Crippen LogP contribution in [0.2, 0.25) is 0 Å². The van der Waals surface area contributed by atoms with Crippen molar-refractivity contribution in [3.63, 3.8) is 0 Å². The van der Waals surface area contributed by atoms with Gasteiger partial charge in [-0.2, -0.15) is 0 Å². The molecule has 0 unspecified atom stereocenters. The van der Waals surface area contributed by atoms with Gasteiger partial charge in [-0.15, -0.1) is 10.2 Å². The first-order chi connectivity index (χ1) is 15.4. The Balaban J connectivity index is 1.61. The fraction of sp³-hybridized carbons (Fsp3) is 0.200. The molecule has 162 valence electrons. The third-order valence-electron chi connectivity index (χ3n) is 5.18. The van der Waals surface area contributed by atoms with Crippen molar-refractivity contribution in [3.05, 3.63) is 83.2 Å². The van der Waals surface area contributed by atoms with Gasteiger partial charge in [0.25, 0.3) is 0 Å². The van der Waals surface area contributed by atoms with Crippen LogP contribution in [-0.4, -0.2) is 31.4 Å². The van der Waals surface area contributed by atoms with Gasteiger partial charge in [0.2, 0.25) is 5.91 Å². The summed E-state index contributed by atoms with van der Waals surface area (Å²) in [5.41, 5.74) is 7.11. The lowest BCUT2D eigenvalue weighted by atomic mass is 10.1. The number of aryl methyl sites for hydroxylation is 4. The van der Waals surface area contributed by atoms with E-state index in [9.17, 15) is 4.79 Å². The lowest BCUT2D eigenvalue weighted by Gasteiger charge is -2.14. The maximum Gasteiger partial charge on any atom is 0.234 e. The number of amides is 1. The lowest BCUT2D eigenvalue weighted by Crippen LogP contribution is -2.16. The number of aromatic nitrogens is 4. The van der Waals surface area contributed by atoms with Gasteiger partial charge in [-0.3, -0.25) is 14.3 Å². The molecule has 0 aliphatic heterocycles. The van der Waals surface area contributed by atoms with Crippen molar-refractivity contribution >= 4 is 23.4 Å². The second-order valence-electron chi connectivity index (χ2n) is 7.78. The minimum absolute atomic E-state index is 0.0766. The molecule has 2 aromatic heterocycles. The smallest absolute Gasteiger partial charge is 0.234 e. The SMILES string of the molecule is Cc1cc(C)c(NC(=O)CSc2nnc(-c3cccnc3)n2-c2ccccc2C)c(C)c1. The summed E-state index contributed by atoms with van der Waals surface area (Å²) in [6.45, 7) is 8.13. The Bertz CT molecular complexity index is 1240. The molecule has 0 saturated heterocycles. The first-order valence-electron chi connectivity index (χ1n) is 10.4. The number of anilines is 1. The molecular weight excluding hydrogens is 418 g/mol. The van der Waals surface area contributed by atoms with Gasteiger partial charge in [0, 0.05) is 23.6 Å². The van der Waals surface area contributed by atoms with Crippen molar-refractivity contribution < 1.29 is 4.79 Å². The van der Waals surface area contributed by atoms with E-state index in [4.69, 9.17) is 0 Å². The Morgan fingerprint density at radius 1 is 0.969 bits per heavy atom. The molecule has 2 heterocycles. The van der Waals surface area contributed by atoms with Gasteiger partial charge < -0.3 is 5.32 Å². The van der Waals surface area contributed by atoms with Gasteiger partial charge in [-0.05, 0) is 62.6 Å². The lowest BCUT2D eigenvalue weighted by molar-refractivity contribution is -0.113.